The predicted molar refractivity (Wildman–Crippen MR) is 286 cm³/mol. The van der Waals surface area contributed by atoms with E-state index in [1.54, 1.807) is 0 Å². The number of carbonyl (C=O) groups excluding carboxylic acids is 1. The van der Waals surface area contributed by atoms with E-state index in [0.717, 1.165) is 70.6 Å². The van der Waals surface area contributed by atoms with Gasteiger partial charge in [-0.1, -0.05) is 200 Å². The van der Waals surface area contributed by atoms with E-state index in [1.165, 1.54) is 96.3 Å². The van der Waals surface area contributed by atoms with Gasteiger partial charge in [-0.25, -0.2) is 0 Å². The third-order valence-corrected chi connectivity index (χ3v) is 11.8. The summed E-state index contributed by atoms with van der Waals surface area (Å²) in [7, 11) is 1.30. The molecule has 67 heavy (non-hydrogen) atoms. The van der Waals surface area contributed by atoms with Crippen molar-refractivity contribution in [3.63, 3.8) is 0 Å². The van der Waals surface area contributed by atoms with Crippen LogP contribution in [0.2, 0.25) is 0 Å². The Balaban J connectivity index is 4.27. The molecule has 0 radical (unpaired) electrons. The van der Waals surface area contributed by atoms with E-state index in [4.69, 9.17) is 18.5 Å². The fourth-order valence-electron chi connectivity index (χ4n) is 6.74. The quantitative estimate of drug-likeness (QED) is 0.0197. The zero-order valence-electron chi connectivity index (χ0n) is 43.6. The number of hydrogen-bond acceptors (Lipinski definition) is 7. The number of quaternary nitrogens is 1. The van der Waals surface area contributed by atoms with Gasteiger partial charge in [0.05, 0.1) is 34.4 Å². The van der Waals surface area contributed by atoms with Crippen LogP contribution in [-0.2, 0) is 27.9 Å². The Morgan fingerprint density at radius 3 is 1.30 bits per heavy atom. The third kappa shape index (κ3) is 54.0. The van der Waals surface area contributed by atoms with Crippen LogP contribution in [0.4, 0.5) is 0 Å². The number of esters is 1. The monoisotopic (exact) mass is 954 g/mol. The third-order valence-electron chi connectivity index (χ3n) is 10.8. The topological polar surface area (TPSA) is 94.1 Å². The van der Waals surface area contributed by atoms with Crippen LogP contribution in [0.5, 0.6) is 0 Å². The molecule has 0 rings (SSSR count). The van der Waals surface area contributed by atoms with E-state index in [-0.39, 0.29) is 26.2 Å². The Hall–Kier alpha value is -2.84. The first-order valence-electron chi connectivity index (χ1n) is 26.6. The lowest BCUT2D eigenvalue weighted by atomic mass is 10.1. The number of likely N-dealkylation sites (N-methyl/N-ethyl adjacent to an activating group) is 1. The molecule has 0 heterocycles. The van der Waals surface area contributed by atoms with Crippen LogP contribution in [0.3, 0.4) is 0 Å². The molecule has 9 heteroatoms. The Labute approximate surface area is 412 Å². The first-order chi connectivity index (χ1) is 32.6. The molecule has 384 valence electrons. The average molecular weight is 954 g/mol. The van der Waals surface area contributed by atoms with E-state index < -0.39 is 19.9 Å². The maximum Gasteiger partial charge on any atom is 0.306 e. The molecule has 0 saturated heterocycles. The highest BCUT2D eigenvalue weighted by atomic mass is 31.2. The maximum absolute atomic E-state index is 12.7. The van der Waals surface area contributed by atoms with Crippen LogP contribution < -0.4 is 4.89 Å². The van der Waals surface area contributed by atoms with Crippen molar-refractivity contribution in [1.82, 2.24) is 0 Å². The SMILES string of the molecule is CC/C=C\C/C=C\C/C=C\C/C=C\C/C=C\C/C=C\C/C=C\CCCC(=O)OC(COCCCCCCCCCCCC/C=C\C/C=C\CCCCCCC)COP(=O)([O-])OCC[N+](C)(C)C. The summed E-state index contributed by atoms with van der Waals surface area (Å²) >= 11 is 0. The van der Waals surface area contributed by atoms with Gasteiger partial charge in [0.1, 0.15) is 19.3 Å². The summed E-state index contributed by atoms with van der Waals surface area (Å²) in [5.41, 5.74) is 0. The summed E-state index contributed by atoms with van der Waals surface area (Å²) in [6.45, 7) is 5.19. The molecule has 0 amide bonds. The fourth-order valence-corrected chi connectivity index (χ4v) is 7.47. The number of phosphoric acid groups is 1. The van der Waals surface area contributed by atoms with Gasteiger partial charge in [0.25, 0.3) is 7.82 Å². The number of ether oxygens (including phenoxy) is 2. The van der Waals surface area contributed by atoms with Crippen LogP contribution in [0.15, 0.2) is 109 Å². The molecule has 0 aromatic rings. The van der Waals surface area contributed by atoms with E-state index in [1.807, 2.05) is 21.1 Å². The maximum atomic E-state index is 12.7. The number of carbonyl (C=O) groups is 1. The summed E-state index contributed by atoms with van der Waals surface area (Å²) in [6.07, 6.45) is 69.8. The van der Waals surface area contributed by atoms with Gasteiger partial charge >= 0.3 is 5.97 Å². The van der Waals surface area contributed by atoms with Crippen molar-refractivity contribution < 1.29 is 37.3 Å². The smallest absolute Gasteiger partial charge is 0.306 e. The molecular weight excluding hydrogens is 854 g/mol. The van der Waals surface area contributed by atoms with Gasteiger partial charge in [0, 0.05) is 13.0 Å². The van der Waals surface area contributed by atoms with E-state index in [2.05, 4.69) is 123 Å². The molecule has 0 bridgehead atoms. The largest absolute Gasteiger partial charge is 0.756 e. The molecule has 0 aliphatic carbocycles. The molecule has 2 atom stereocenters. The summed E-state index contributed by atoms with van der Waals surface area (Å²) in [4.78, 5) is 25.2. The Morgan fingerprint density at radius 2 is 0.866 bits per heavy atom. The lowest BCUT2D eigenvalue weighted by Crippen LogP contribution is -2.37. The van der Waals surface area contributed by atoms with Crippen LogP contribution >= 0.6 is 7.82 Å². The fraction of sp³-hybridized carbons (Fsp3) is 0.672. The normalized spacial score (nSPS) is 14.4. The number of nitrogens with zero attached hydrogens (tertiary/aromatic N) is 1. The minimum absolute atomic E-state index is 0.00842. The van der Waals surface area contributed by atoms with Gasteiger partial charge in [-0.15, -0.1) is 0 Å². The van der Waals surface area contributed by atoms with Gasteiger partial charge < -0.3 is 27.9 Å². The number of unbranched alkanes of at least 4 members (excludes halogenated alkanes) is 16. The van der Waals surface area contributed by atoms with E-state index in [9.17, 15) is 14.3 Å². The highest BCUT2D eigenvalue weighted by molar-refractivity contribution is 7.45. The Kier molecular flexibility index (Phi) is 47.5. The number of allylic oxidation sites excluding steroid dienone is 18. The van der Waals surface area contributed by atoms with Gasteiger partial charge in [-0.3, -0.25) is 9.36 Å². The second-order valence-corrected chi connectivity index (χ2v) is 19.9. The highest BCUT2D eigenvalue weighted by Gasteiger charge is 2.20. The van der Waals surface area contributed by atoms with Crippen LogP contribution in [-0.4, -0.2) is 70.7 Å². The summed E-state index contributed by atoms with van der Waals surface area (Å²) in [5.74, 6) is -0.395. The van der Waals surface area contributed by atoms with E-state index in [0.29, 0.717) is 24.1 Å². The molecule has 0 fully saturated rings. The molecule has 0 spiro atoms. The highest BCUT2D eigenvalue weighted by Crippen LogP contribution is 2.38. The first kappa shape index (κ1) is 64.2. The Bertz CT molecular complexity index is 1430. The first-order valence-corrected chi connectivity index (χ1v) is 28.1. The average Bonchev–Trinajstić information content (AvgIpc) is 3.29. The standard InChI is InChI=1S/C58H100NO7P/c1-6-8-10-12-14-16-18-20-22-24-26-28-30-31-33-35-37-39-41-43-45-47-49-51-58(60)66-57(56-65-67(61,62)64-54-52-59(3,4)5)55-63-53-50-48-46-44-42-40-38-36-34-32-29-27-25-23-21-19-17-15-13-11-9-7-2/h8,10,14,16,19-22,25-28,31,33,37,39,43,45,57H,6-7,9,11-13,15,17-18,23-24,29-30,32,34-36,38,40-42,44,46-56H2,1-5H3/b10-8-,16-14-,21-19-,22-20-,27-25-,28-26-,33-31-,39-37-,45-43-. The van der Waals surface area contributed by atoms with Crippen molar-refractivity contribution in [2.45, 2.75) is 200 Å². The van der Waals surface area contributed by atoms with E-state index >= 15 is 0 Å². The van der Waals surface area contributed by atoms with Gasteiger partial charge in [0.2, 0.25) is 0 Å². The summed E-state index contributed by atoms with van der Waals surface area (Å²) in [5, 5.41) is 0. The lowest BCUT2D eigenvalue weighted by molar-refractivity contribution is -0.870. The summed E-state index contributed by atoms with van der Waals surface area (Å²) < 4.78 is 34.7. The molecule has 0 N–H and O–H groups in total. The molecule has 8 nitrogen and oxygen atoms in total. The lowest BCUT2D eigenvalue weighted by Gasteiger charge is -2.28. The number of rotatable bonds is 48. The van der Waals surface area contributed by atoms with Crippen molar-refractivity contribution >= 4 is 13.8 Å². The number of phosphoric ester groups is 1. The zero-order chi connectivity index (χ0) is 49.0. The molecular formula is C58H100NO7P. The van der Waals surface area contributed by atoms with Crippen LogP contribution in [0.25, 0.3) is 0 Å². The van der Waals surface area contributed by atoms with Crippen molar-refractivity contribution in [2.24, 2.45) is 0 Å². The van der Waals surface area contributed by atoms with Gasteiger partial charge in [-0.05, 0) is 96.3 Å². The minimum Gasteiger partial charge on any atom is -0.756 e. The molecule has 0 aliphatic heterocycles. The minimum atomic E-state index is -4.56. The van der Waals surface area contributed by atoms with Crippen LogP contribution in [0.1, 0.15) is 194 Å². The van der Waals surface area contributed by atoms with Crippen molar-refractivity contribution in [3.05, 3.63) is 109 Å². The Morgan fingerprint density at radius 1 is 0.478 bits per heavy atom. The zero-order valence-corrected chi connectivity index (χ0v) is 44.5. The van der Waals surface area contributed by atoms with Crippen LogP contribution in [0, 0.1) is 0 Å². The van der Waals surface area contributed by atoms with Crippen molar-refractivity contribution in [1.29, 1.82) is 0 Å². The predicted octanol–water partition coefficient (Wildman–Crippen LogP) is 16.1. The second kappa shape index (κ2) is 49.6. The summed E-state index contributed by atoms with van der Waals surface area (Å²) in [6, 6.07) is 0. The molecule has 0 saturated carbocycles. The van der Waals surface area contributed by atoms with Crippen molar-refractivity contribution in [3.8, 4) is 0 Å². The van der Waals surface area contributed by atoms with Gasteiger partial charge in [-0.2, -0.15) is 0 Å². The molecule has 0 aromatic heterocycles. The van der Waals surface area contributed by atoms with Gasteiger partial charge in [0.15, 0.2) is 0 Å². The number of hydrogen-bond donors (Lipinski definition) is 0. The molecule has 2 unspecified atom stereocenters. The van der Waals surface area contributed by atoms with Crippen molar-refractivity contribution in [2.75, 3.05) is 54.1 Å². The molecule has 0 aromatic carbocycles. The molecule has 0 aliphatic rings. The second-order valence-electron chi connectivity index (χ2n) is 18.5.